The highest BCUT2D eigenvalue weighted by molar-refractivity contribution is 6.01. The summed E-state index contributed by atoms with van der Waals surface area (Å²) in [5.74, 6) is 2.63. The van der Waals surface area contributed by atoms with Gasteiger partial charge in [-0.1, -0.05) is 0 Å². The van der Waals surface area contributed by atoms with Crippen molar-refractivity contribution in [1.82, 2.24) is 29.2 Å². The number of methoxy groups -OCH3 is 1. The molecule has 9 nitrogen and oxygen atoms in total. The van der Waals surface area contributed by atoms with Gasteiger partial charge in [-0.2, -0.15) is 5.10 Å². The first-order chi connectivity index (χ1) is 20.4. The number of aryl methyl sites for hydroxylation is 2. The fourth-order valence-electron chi connectivity index (χ4n) is 7.51. The number of carbonyl (C=O) groups excluding carboxylic acids is 1. The number of nitrogens with one attached hydrogen (secondary N) is 1. The molecule has 4 fully saturated rings. The summed E-state index contributed by atoms with van der Waals surface area (Å²) in [6.45, 7) is 3.82. The highest BCUT2D eigenvalue weighted by Crippen LogP contribution is 2.41. The Balaban J connectivity index is 1.27. The molecule has 3 aromatic heterocycles. The molecule has 9 rings (SSSR count). The van der Waals surface area contributed by atoms with Gasteiger partial charge < -0.3 is 24.5 Å². The number of nitrogens with two attached hydrogens (primary N) is 1. The van der Waals surface area contributed by atoms with Crippen LogP contribution in [0.25, 0.3) is 44.6 Å². The molecule has 2 aliphatic heterocycles. The molecule has 0 spiro atoms. The van der Waals surface area contributed by atoms with Crippen LogP contribution in [0.3, 0.4) is 0 Å². The summed E-state index contributed by atoms with van der Waals surface area (Å²) in [5.41, 5.74) is 14.4. The van der Waals surface area contributed by atoms with E-state index < -0.39 is 0 Å². The molecule has 0 unspecified atom stereocenters. The number of H-pyrrole nitrogens is 1. The zero-order chi connectivity index (χ0) is 28.7. The van der Waals surface area contributed by atoms with Crippen LogP contribution in [0, 0.1) is 18.8 Å². The van der Waals surface area contributed by atoms with E-state index in [0.29, 0.717) is 23.1 Å². The Morgan fingerprint density at radius 3 is 2.67 bits per heavy atom. The highest BCUT2D eigenvalue weighted by atomic mass is 16.5. The quantitative estimate of drug-likeness (QED) is 0.293. The second kappa shape index (κ2) is 9.46. The van der Waals surface area contributed by atoms with E-state index in [0.717, 1.165) is 60.5 Å². The molecule has 3 atom stereocenters. The maximum Gasteiger partial charge on any atom is 0.254 e. The zero-order valence-electron chi connectivity index (χ0n) is 24.4. The molecule has 216 valence electrons. The smallest absolute Gasteiger partial charge is 0.254 e. The molecule has 4 aliphatic rings. The molecule has 0 radical (unpaired) electrons. The molecule has 5 heterocycles. The summed E-state index contributed by atoms with van der Waals surface area (Å²) >= 11 is 0. The van der Waals surface area contributed by atoms with Crippen LogP contribution in [0.4, 0.5) is 0 Å². The lowest BCUT2D eigenvalue weighted by molar-refractivity contribution is 0.0261. The Bertz CT molecular complexity index is 1850. The summed E-state index contributed by atoms with van der Waals surface area (Å²) in [4.78, 5) is 21.1. The average Bonchev–Trinajstić information content (AvgIpc) is 3.35. The van der Waals surface area contributed by atoms with Crippen molar-refractivity contribution in [3.05, 3.63) is 53.9 Å². The Morgan fingerprint density at radius 2 is 1.98 bits per heavy atom. The normalized spacial score (nSPS) is 22.0. The number of hydrogen-bond donors (Lipinski definition) is 2. The molecule has 1 amide bonds. The molecule has 9 heteroatoms. The van der Waals surface area contributed by atoms with E-state index in [1.54, 1.807) is 7.11 Å². The third-order valence-electron chi connectivity index (χ3n) is 9.87. The van der Waals surface area contributed by atoms with Gasteiger partial charge in [0.05, 0.1) is 30.0 Å². The molecular weight excluding hydrogens is 526 g/mol. The topological polar surface area (TPSA) is 107 Å². The fraction of sp³-hybridized carbons (Fsp3) is 0.424. The Hall–Kier alpha value is -4.11. The van der Waals surface area contributed by atoms with E-state index in [1.165, 1.54) is 34.9 Å². The monoisotopic (exact) mass is 563 g/mol. The van der Waals surface area contributed by atoms with Crippen molar-refractivity contribution in [2.24, 2.45) is 24.6 Å². The van der Waals surface area contributed by atoms with Crippen LogP contribution in [0.2, 0.25) is 0 Å². The first-order valence-corrected chi connectivity index (χ1v) is 15.1. The van der Waals surface area contributed by atoms with Crippen LogP contribution in [-0.4, -0.2) is 60.9 Å². The minimum absolute atomic E-state index is 0.0482. The lowest BCUT2D eigenvalue weighted by Crippen LogP contribution is -2.58. The first kappa shape index (κ1) is 25.6. The number of ether oxygens (including phenoxy) is 1. The van der Waals surface area contributed by atoms with Crippen molar-refractivity contribution in [3.8, 4) is 28.4 Å². The van der Waals surface area contributed by atoms with Crippen LogP contribution in [-0.2, 0) is 13.6 Å². The van der Waals surface area contributed by atoms with E-state index >= 15 is 0 Å². The standard InChI is InChI=1S/C33H37N7O2/c1-18-8-21-11-28(40(16-19-4-5-19)30(21)25(9-18)23-14-35-36-15-23)32-37-27-10-22(12-29(42-3)31(27)38(32)2)33(41)39-17-20-6-7-24(39)13-26(20)34/h8-12,14-15,19-20,24,26H,4-7,13,16-17,34H2,1-3H3,(H,35,36)/t20-,24-,26+/m1/s1. The Morgan fingerprint density at radius 1 is 1.12 bits per heavy atom. The molecule has 2 aliphatic carbocycles. The number of imidazole rings is 1. The van der Waals surface area contributed by atoms with Gasteiger partial charge >= 0.3 is 0 Å². The number of hydrogen-bond acceptors (Lipinski definition) is 5. The van der Waals surface area contributed by atoms with E-state index in [-0.39, 0.29) is 18.0 Å². The maximum atomic E-state index is 13.8. The van der Waals surface area contributed by atoms with E-state index in [9.17, 15) is 4.79 Å². The van der Waals surface area contributed by atoms with Crippen molar-refractivity contribution in [3.63, 3.8) is 0 Å². The third kappa shape index (κ3) is 3.97. The molecule has 42 heavy (non-hydrogen) atoms. The van der Waals surface area contributed by atoms with Crippen LogP contribution in [0.15, 0.2) is 42.7 Å². The maximum absolute atomic E-state index is 13.8. The first-order valence-electron chi connectivity index (χ1n) is 15.1. The predicted molar refractivity (Wildman–Crippen MR) is 163 cm³/mol. The molecule has 2 saturated heterocycles. The van der Waals surface area contributed by atoms with E-state index in [2.05, 4.69) is 44.5 Å². The molecular formula is C33H37N7O2. The zero-order valence-corrected chi connectivity index (χ0v) is 24.4. The average molecular weight is 564 g/mol. The number of fused-ring (bicyclic) bond motifs is 5. The summed E-state index contributed by atoms with van der Waals surface area (Å²) in [6.07, 6.45) is 9.37. The Labute approximate surface area is 244 Å². The van der Waals surface area contributed by atoms with Gasteiger partial charge in [0, 0.05) is 60.5 Å². The summed E-state index contributed by atoms with van der Waals surface area (Å²) in [7, 11) is 3.71. The lowest BCUT2D eigenvalue weighted by atomic mass is 9.76. The molecule has 3 N–H and O–H groups in total. The van der Waals surface area contributed by atoms with Gasteiger partial charge in [0.1, 0.15) is 11.3 Å². The SMILES string of the molecule is COc1cc(C(=O)N2C[C@H]3CC[C@@H]2C[C@@H]3N)cc2nc(-c3cc4cc(C)cc(-c5cn[nH]c5)c4n3CC3CC3)n(C)c12. The second-order valence-electron chi connectivity index (χ2n) is 12.7. The van der Waals surface area contributed by atoms with Gasteiger partial charge in [-0.3, -0.25) is 9.89 Å². The second-order valence-corrected chi connectivity index (χ2v) is 12.7. The lowest BCUT2D eigenvalue weighted by Gasteiger charge is -2.48. The van der Waals surface area contributed by atoms with Crippen molar-refractivity contribution in [1.29, 1.82) is 0 Å². The largest absolute Gasteiger partial charge is 0.494 e. The van der Waals surface area contributed by atoms with Gasteiger partial charge in [-0.25, -0.2) is 4.98 Å². The fourth-order valence-corrected chi connectivity index (χ4v) is 7.51. The van der Waals surface area contributed by atoms with Crippen LogP contribution in [0.5, 0.6) is 5.75 Å². The number of aromatic amines is 1. The van der Waals surface area contributed by atoms with Gasteiger partial charge in [0.2, 0.25) is 0 Å². The van der Waals surface area contributed by atoms with Crippen molar-refractivity contribution < 1.29 is 9.53 Å². The number of aromatic nitrogens is 5. The van der Waals surface area contributed by atoms with Crippen molar-refractivity contribution in [2.75, 3.05) is 13.7 Å². The van der Waals surface area contributed by atoms with E-state index in [4.69, 9.17) is 15.5 Å². The van der Waals surface area contributed by atoms with Gasteiger partial charge in [0.15, 0.2) is 5.82 Å². The van der Waals surface area contributed by atoms with Crippen molar-refractivity contribution in [2.45, 2.75) is 57.7 Å². The number of benzene rings is 2. The number of piperidine rings is 2. The summed E-state index contributed by atoms with van der Waals surface area (Å²) in [5, 5.41) is 8.41. The number of carbonyl (C=O) groups is 1. The highest BCUT2D eigenvalue weighted by Gasteiger charge is 2.41. The van der Waals surface area contributed by atoms with Gasteiger partial charge in [0.25, 0.3) is 5.91 Å². The summed E-state index contributed by atoms with van der Waals surface area (Å²) in [6, 6.07) is 11.0. The third-order valence-corrected chi connectivity index (χ3v) is 9.87. The van der Waals surface area contributed by atoms with Crippen LogP contribution in [0.1, 0.15) is 48.0 Å². The van der Waals surface area contributed by atoms with Crippen molar-refractivity contribution >= 4 is 27.8 Å². The van der Waals surface area contributed by atoms with Gasteiger partial charge in [-0.15, -0.1) is 0 Å². The number of rotatable bonds is 6. The van der Waals surface area contributed by atoms with Crippen LogP contribution >= 0.6 is 0 Å². The molecule has 5 aromatic rings. The minimum atomic E-state index is 0.0482. The predicted octanol–water partition coefficient (Wildman–Crippen LogP) is 5.26. The minimum Gasteiger partial charge on any atom is -0.494 e. The molecule has 2 bridgehead atoms. The molecule has 2 saturated carbocycles. The number of amides is 1. The summed E-state index contributed by atoms with van der Waals surface area (Å²) < 4.78 is 10.5. The molecule has 2 aromatic carbocycles. The van der Waals surface area contributed by atoms with Gasteiger partial charge in [-0.05, 0) is 86.8 Å². The van der Waals surface area contributed by atoms with Crippen LogP contribution < -0.4 is 10.5 Å². The number of nitrogens with zero attached hydrogens (tertiary/aromatic N) is 5. The van der Waals surface area contributed by atoms with E-state index in [1.807, 2.05) is 36.5 Å². The Kier molecular flexibility index (Phi) is 5.76.